The van der Waals surface area contributed by atoms with Crippen LogP contribution in [0.3, 0.4) is 0 Å². The monoisotopic (exact) mass is 258 g/mol. The molecule has 0 radical (unpaired) electrons. The molecule has 0 saturated carbocycles. The molecule has 0 atom stereocenters. The lowest BCUT2D eigenvalue weighted by atomic mass is 9.97. The number of nitrogen functional groups attached to an aromatic ring is 1. The Hall–Kier alpha value is -1.36. The third-order valence-electron chi connectivity index (χ3n) is 3.33. The van der Waals surface area contributed by atoms with E-state index in [4.69, 9.17) is 5.73 Å². The van der Waals surface area contributed by atoms with Gasteiger partial charge in [-0.1, -0.05) is 13.8 Å². The van der Waals surface area contributed by atoms with E-state index in [1.165, 1.54) is 13.0 Å². The Balaban J connectivity index is 2.96. The van der Waals surface area contributed by atoms with Crippen molar-refractivity contribution < 1.29 is 13.9 Å². The van der Waals surface area contributed by atoms with Gasteiger partial charge >= 0.3 is 0 Å². The first-order chi connectivity index (χ1) is 8.34. The minimum Gasteiger partial charge on any atom is -0.397 e. The second kappa shape index (κ2) is 5.52. The second-order valence-electron chi connectivity index (χ2n) is 4.57. The fourth-order valence-electron chi connectivity index (χ4n) is 1.71. The van der Waals surface area contributed by atoms with Crippen LogP contribution in [0.2, 0.25) is 0 Å². The molecule has 0 spiro atoms. The molecule has 0 bridgehead atoms. The van der Waals surface area contributed by atoms with Gasteiger partial charge in [-0.05, 0) is 31.4 Å². The van der Waals surface area contributed by atoms with Crippen LogP contribution in [0.1, 0.15) is 32.3 Å². The van der Waals surface area contributed by atoms with Crippen molar-refractivity contribution in [1.29, 1.82) is 0 Å². The topological polar surface area (TPSA) is 58.3 Å². The molecule has 0 amide bonds. The van der Waals surface area contributed by atoms with E-state index in [1.54, 1.807) is 0 Å². The maximum atomic E-state index is 13.7. The van der Waals surface area contributed by atoms with Crippen molar-refractivity contribution in [2.75, 3.05) is 17.6 Å². The van der Waals surface area contributed by atoms with Gasteiger partial charge in [0.05, 0.1) is 17.0 Å². The molecule has 0 aliphatic rings. The number of aliphatic hydroxyl groups is 1. The van der Waals surface area contributed by atoms with Crippen LogP contribution < -0.4 is 11.1 Å². The molecule has 0 fully saturated rings. The zero-order valence-electron chi connectivity index (χ0n) is 11.0. The van der Waals surface area contributed by atoms with Gasteiger partial charge in [-0.2, -0.15) is 0 Å². The summed E-state index contributed by atoms with van der Waals surface area (Å²) in [5.74, 6) is -1.91. The Morgan fingerprint density at radius 3 is 2.33 bits per heavy atom. The van der Waals surface area contributed by atoms with E-state index in [0.717, 1.165) is 0 Å². The quantitative estimate of drug-likeness (QED) is 0.712. The van der Waals surface area contributed by atoms with Gasteiger partial charge < -0.3 is 16.2 Å². The summed E-state index contributed by atoms with van der Waals surface area (Å²) < 4.78 is 27.1. The van der Waals surface area contributed by atoms with Crippen molar-refractivity contribution in [2.24, 2.45) is 0 Å². The van der Waals surface area contributed by atoms with Gasteiger partial charge in [-0.3, -0.25) is 0 Å². The number of anilines is 2. The second-order valence-corrected chi connectivity index (χ2v) is 4.57. The molecule has 102 valence electrons. The summed E-state index contributed by atoms with van der Waals surface area (Å²) in [6, 6.07) is 1.37. The maximum absolute atomic E-state index is 13.7. The highest BCUT2D eigenvalue weighted by Gasteiger charge is 2.23. The van der Waals surface area contributed by atoms with E-state index in [-0.39, 0.29) is 23.5 Å². The average molecular weight is 258 g/mol. The number of halogens is 2. The normalized spacial score (nSPS) is 11.7. The lowest BCUT2D eigenvalue weighted by molar-refractivity contribution is 0.0456. The van der Waals surface area contributed by atoms with Crippen molar-refractivity contribution >= 4 is 11.4 Å². The summed E-state index contributed by atoms with van der Waals surface area (Å²) in [7, 11) is 0. The molecule has 0 aliphatic heterocycles. The van der Waals surface area contributed by atoms with Crippen LogP contribution in [0.5, 0.6) is 0 Å². The molecular weight excluding hydrogens is 238 g/mol. The number of rotatable bonds is 5. The molecular formula is C13H20F2N2O. The summed E-state index contributed by atoms with van der Waals surface area (Å²) >= 11 is 0. The average Bonchev–Trinajstić information content (AvgIpc) is 2.35. The van der Waals surface area contributed by atoms with Gasteiger partial charge in [0.15, 0.2) is 11.6 Å². The molecule has 3 nitrogen and oxygen atoms in total. The van der Waals surface area contributed by atoms with Gasteiger partial charge in [-0.15, -0.1) is 0 Å². The van der Waals surface area contributed by atoms with Crippen LogP contribution in [-0.4, -0.2) is 17.3 Å². The fraction of sp³-hybridized carbons (Fsp3) is 0.538. The first kappa shape index (κ1) is 14.7. The number of aryl methyl sites for hydroxylation is 1. The molecule has 1 rings (SSSR count). The van der Waals surface area contributed by atoms with Crippen LogP contribution in [-0.2, 0) is 0 Å². The zero-order valence-corrected chi connectivity index (χ0v) is 11.0. The van der Waals surface area contributed by atoms with Gasteiger partial charge in [-0.25, -0.2) is 8.78 Å². The van der Waals surface area contributed by atoms with Crippen LogP contribution in [0.25, 0.3) is 0 Å². The summed E-state index contributed by atoms with van der Waals surface area (Å²) in [5.41, 5.74) is 4.93. The molecule has 1 aromatic carbocycles. The Kier molecular flexibility index (Phi) is 4.51. The minimum absolute atomic E-state index is 0.0848. The Labute approximate surface area is 106 Å². The molecule has 0 heterocycles. The third-order valence-corrected chi connectivity index (χ3v) is 3.33. The molecule has 4 N–H and O–H groups in total. The van der Waals surface area contributed by atoms with Gasteiger partial charge in [0.2, 0.25) is 0 Å². The number of nitrogens with two attached hydrogens (primary N) is 1. The van der Waals surface area contributed by atoms with E-state index < -0.39 is 17.2 Å². The first-order valence-corrected chi connectivity index (χ1v) is 6.05. The van der Waals surface area contributed by atoms with Crippen molar-refractivity contribution in [3.8, 4) is 0 Å². The lowest BCUT2D eigenvalue weighted by Gasteiger charge is -2.26. The van der Waals surface area contributed by atoms with Gasteiger partial charge in [0.25, 0.3) is 0 Å². The van der Waals surface area contributed by atoms with Gasteiger partial charge in [0.1, 0.15) is 0 Å². The minimum atomic E-state index is -0.998. The Morgan fingerprint density at radius 2 is 1.83 bits per heavy atom. The Bertz CT molecular complexity index is 431. The van der Waals surface area contributed by atoms with Crippen molar-refractivity contribution in [3.05, 3.63) is 23.3 Å². The smallest absolute Gasteiger partial charge is 0.184 e. The molecule has 0 aliphatic carbocycles. The largest absolute Gasteiger partial charge is 0.397 e. The lowest BCUT2D eigenvalue weighted by Crippen LogP contribution is -2.35. The van der Waals surface area contributed by atoms with Crippen LogP contribution in [0.15, 0.2) is 6.07 Å². The third kappa shape index (κ3) is 2.90. The number of benzene rings is 1. The number of hydrogen-bond donors (Lipinski definition) is 3. The Morgan fingerprint density at radius 1 is 1.28 bits per heavy atom. The fourth-order valence-corrected chi connectivity index (χ4v) is 1.71. The molecule has 0 aromatic heterocycles. The highest BCUT2D eigenvalue weighted by atomic mass is 19.2. The molecule has 0 saturated heterocycles. The maximum Gasteiger partial charge on any atom is 0.184 e. The molecule has 1 aromatic rings. The summed E-state index contributed by atoms with van der Waals surface area (Å²) in [5, 5.41) is 12.8. The van der Waals surface area contributed by atoms with Crippen LogP contribution in [0, 0.1) is 18.6 Å². The predicted octanol–water partition coefficient (Wildman–Crippen LogP) is 2.82. The van der Waals surface area contributed by atoms with Crippen molar-refractivity contribution in [2.45, 2.75) is 39.2 Å². The SMILES string of the molecule is CCC(O)(CC)CNc1c(N)cc(C)c(F)c1F. The van der Waals surface area contributed by atoms with E-state index in [0.29, 0.717) is 12.8 Å². The molecule has 18 heavy (non-hydrogen) atoms. The van der Waals surface area contributed by atoms with Crippen LogP contribution in [0.4, 0.5) is 20.2 Å². The van der Waals surface area contributed by atoms with E-state index in [1.807, 2.05) is 13.8 Å². The highest BCUT2D eigenvalue weighted by molar-refractivity contribution is 5.68. The predicted molar refractivity (Wildman–Crippen MR) is 69.5 cm³/mol. The van der Waals surface area contributed by atoms with E-state index >= 15 is 0 Å². The highest BCUT2D eigenvalue weighted by Crippen LogP contribution is 2.28. The molecule has 0 unspecified atom stereocenters. The number of hydrogen-bond acceptors (Lipinski definition) is 3. The van der Waals surface area contributed by atoms with Crippen molar-refractivity contribution in [3.63, 3.8) is 0 Å². The standard InChI is InChI=1S/C13H20F2N2O/c1-4-13(18,5-2)7-17-12-9(16)6-8(3)10(14)11(12)15/h6,17-18H,4-5,7,16H2,1-3H3. The van der Waals surface area contributed by atoms with Gasteiger partial charge in [0, 0.05) is 6.54 Å². The van der Waals surface area contributed by atoms with Crippen LogP contribution >= 0.6 is 0 Å². The van der Waals surface area contributed by atoms with E-state index in [9.17, 15) is 13.9 Å². The van der Waals surface area contributed by atoms with Crippen molar-refractivity contribution in [1.82, 2.24) is 0 Å². The number of nitrogens with one attached hydrogen (secondary N) is 1. The summed E-state index contributed by atoms with van der Waals surface area (Å²) in [6.45, 7) is 5.25. The van der Waals surface area contributed by atoms with E-state index in [2.05, 4.69) is 5.32 Å². The zero-order chi connectivity index (χ0) is 13.9. The first-order valence-electron chi connectivity index (χ1n) is 6.05. The molecule has 5 heteroatoms. The summed E-state index contributed by atoms with van der Waals surface area (Å²) in [4.78, 5) is 0. The summed E-state index contributed by atoms with van der Waals surface area (Å²) in [6.07, 6.45) is 1.04.